The summed E-state index contributed by atoms with van der Waals surface area (Å²) in [6.07, 6.45) is 6.08. The number of hydrogen-bond acceptors (Lipinski definition) is 6. The van der Waals surface area contributed by atoms with E-state index in [1.54, 1.807) is 0 Å². The maximum absolute atomic E-state index is 6.15. The third kappa shape index (κ3) is 15.1. The smallest absolute Gasteiger partial charge is 0.136 e. The fourth-order valence-electron chi connectivity index (χ4n) is 21.4. The Balaban J connectivity index is 0.000000109. The fourth-order valence-corrected chi connectivity index (χ4v) is 21.4. The lowest BCUT2D eigenvalue weighted by molar-refractivity contribution is 0.668. The zero-order valence-corrected chi connectivity index (χ0v) is 76.6. The summed E-state index contributed by atoms with van der Waals surface area (Å²) < 4.78 is 18.2. The van der Waals surface area contributed by atoms with Gasteiger partial charge in [0.1, 0.15) is 33.5 Å². The van der Waals surface area contributed by atoms with E-state index in [2.05, 4.69) is 443 Å². The van der Waals surface area contributed by atoms with Crippen LogP contribution in [0, 0.1) is 0 Å². The van der Waals surface area contributed by atoms with E-state index in [4.69, 9.17) is 28.2 Å². The predicted molar refractivity (Wildman–Crippen MR) is 590 cm³/mol. The number of pyridine rings is 3. The molecule has 0 aliphatic carbocycles. The molecule has 0 saturated heterocycles. The van der Waals surface area contributed by atoms with Gasteiger partial charge in [0.05, 0.1) is 17.1 Å². The Bertz CT molecular complexity index is 9470. The highest BCUT2D eigenvalue weighted by atomic mass is 16.3. The summed E-state index contributed by atoms with van der Waals surface area (Å²) in [4.78, 5) is 15.1. The number of nitrogens with zero attached hydrogens (tertiary/aromatic N) is 3. The van der Waals surface area contributed by atoms with E-state index in [9.17, 15) is 0 Å². The van der Waals surface area contributed by atoms with Crippen LogP contribution in [0.15, 0.2) is 529 Å². The van der Waals surface area contributed by atoms with Gasteiger partial charge in [-0.25, -0.2) is 0 Å². The summed E-state index contributed by atoms with van der Waals surface area (Å²) in [5.41, 5.74) is 35.5. The number of furan rings is 3. The maximum Gasteiger partial charge on any atom is 0.136 e. The van der Waals surface area contributed by atoms with Crippen molar-refractivity contribution < 1.29 is 13.3 Å². The van der Waals surface area contributed by atoms with Crippen LogP contribution >= 0.6 is 0 Å². The lowest BCUT2D eigenvalue weighted by atomic mass is 9.86. The Kier molecular flexibility index (Phi) is 20.9. The zero-order chi connectivity index (χ0) is 93.2. The summed E-state index contributed by atoms with van der Waals surface area (Å²) in [6, 6.07) is 177. The van der Waals surface area contributed by atoms with Gasteiger partial charge in [-0.3, -0.25) is 15.0 Å². The third-order valence-corrected chi connectivity index (χ3v) is 28.0. The van der Waals surface area contributed by atoms with Gasteiger partial charge in [-0.15, -0.1) is 0 Å². The number of fused-ring (bicyclic) bond motifs is 15. The van der Waals surface area contributed by atoms with Crippen LogP contribution in [0.4, 0.5) is 0 Å². The van der Waals surface area contributed by atoms with Crippen LogP contribution < -0.4 is 0 Å². The van der Waals surface area contributed by atoms with Gasteiger partial charge in [0, 0.05) is 84.3 Å². The Morgan fingerprint density at radius 2 is 0.340 bits per heavy atom. The maximum atomic E-state index is 6.15. The standard InChI is InChI=1S/C49H31NO.2C43H27NO/c1-2-10-32(11-3-1)33-20-24-36(25-21-33)48-40-13-4-6-15-42(40)49(43-16-7-5-14-41(43)48)38-26-28-45(50-31-38)35-22-18-34(19-23-35)37-27-29-47-44(30-37)39-12-8-9-17-46(39)51-47;1-2-11-28(12-3-1)29-21-23-30(24-22-29)41-32-13-4-6-15-34(32)42(35-16-7-5-14-33(35)41)31-25-26-38(44-27-31)36-18-10-20-40-43(36)37-17-8-9-19-39(37)45-40;1-2-10-28(11-3-1)29-18-20-30(21-19-29)42-34-13-4-6-15-36(34)43(37-16-7-5-14-35(37)42)32-22-24-39(44-27-32)31-23-25-41-38(26-31)33-12-8-9-17-40(33)45-41/h1-31H;2*1-27H. The molecule has 0 aliphatic rings. The molecule has 0 amide bonds. The molecule has 6 nitrogen and oxygen atoms in total. The molecule has 0 saturated carbocycles. The van der Waals surface area contributed by atoms with Crippen molar-refractivity contribution in [3.05, 3.63) is 516 Å². The fraction of sp³-hybridized carbons (Fsp3) is 0. The molecular weight excluding hydrogens is 1710 g/mol. The highest BCUT2D eigenvalue weighted by Crippen LogP contribution is 2.50. The molecule has 28 aromatic rings. The van der Waals surface area contributed by atoms with Gasteiger partial charge in [-0.2, -0.15) is 0 Å². The van der Waals surface area contributed by atoms with Crippen molar-refractivity contribution in [1.29, 1.82) is 0 Å². The number of para-hydroxylation sites is 3. The molecule has 22 aromatic carbocycles. The lowest BCUT2D eigenvalue weighted by Crippen LogP contribution is -1.92. The second-order valence-corrected chi connectivity index (χ2v) is 36.1. The van der Waals surface area contributed by atoms with Crippen LogP contribution in [-0.2, 0) is 0 Å². The SMILES string of the molecule is c1ccc(-c2ccc(-c3c4ccccc4c(-c4ccc(-c5ccc(-c6ccc7oc8ccccc8c7c6)cc5)nc4)c4ccccc34)cc2)cc1.c1ccc(-c2ccc(-c3c4ccccc4c(-c4ccc(-c5ccc6oc7ccccc7c6c5)nc4)c4ccccc34)cc2)cc1.c1ccc(-c2ccc(-c3c4ccccc4c(-c4ccc(-c5cccc6oc7ccccc7c56)nc4)c4ccccc34)cc2)cc1. The van der Waals surface area contributed by atoms with E-state index >= 15 is 0 Å². The van der Waals surface area contributed by atoms with Crippen molar-refractivity contribution in [3.63, 3.8) is 0 Å². The molecule has 0 N–H and O–H groups in total. The molecule has 658 valence electrons. The normalized spacial score (nSPS) is 11.5. The molecule has 6 heterocycles. The molecule has 28 rings (SSSR count). The molecule has 0 aliphatic heterocycles. The van der Waals surface area contributed by atoms with E-state index in [0.29, 0.717) is 0 Å². The first-order chi connectivity index (χ1) is 69.9. The number of benzene rings is 22. The second-order valence-electron chi connectivity index (χ2n) is 36.1. The van der Waals surface area contributed by atoms with E-state index in [-0.39, 0.29) is 0 Å². The third-order valence-electron chi connectivity index (χ3n) is 28.0. The number of hydrogen-bond donors (Lipinski definition) is 0. The molecule has 0 bridgehead atoms. The minimum absolute atomic E-state index is 0.879. The molecule has 0 unspecified atom stereocenters. The van der Waals surface area contributed by atoms with Crippen molar-refractivity contribution in [1.82, 2.24) is 15.0 Å². The molecule has 6 aromatic heterocycles. The van der Waals surface area contributed by atoms with E-state index in [0.717, 1.165) is 122 Å². The van der Waals surface area contributed by atoms with Crippen molar-refractivity contribution >= 4 is 130 Å². The Morgan fingerprint density at radius 1 is 0.121 bits per heavy atom. The van der Waals surface area contributed by atoms with Crippen LogP contribution in [0.25, 0.3) is 275 Å². The van der Waals surface area contributed by atoms with Gasteiger partial charge in [0.15, 0.2) is 0 Å². The van der Waals surface area contributed by atoms with E-state index in [1.807, 2.05) is 73.2 Å². The Hall–Kier alpha value is -18.8. The van der Waals surface area contributed by atoms with Crippen LogP contribution in [0.3, 0.4) is 0 Å². The average molecular weight is 1800 g/mol. The molecule has 6 heteroatoms. The van der Waals surface area contributed by atoms with Gasteiger partial charge in [-0.05, 0) is 232 Å². The predicted octanol–water partition coefficient (Wildman–Crippen LogP) is 37.5. The topological polar surface area (TPSA) is 78.1 Å². The summed E-state index contributed by atoms with van der Waals surface area (Å²) in [7, 11) is 0. The second kappa shape index (κ2) is 35.5. The van der Waals surface area contributed by atoms with Crippen molar-refractivity contribution in [2.24, 2.45) is 0 Å². The quantitative estimate of drug-likeness (QED) is 0.107. The van der Waals surface area contributed by atoms with Crippen LogP contribution in [-0.4, -0.2) is 15.0 Å². The monoisotopic (exact) mass is 1800 g/mol. The Morgan fingerprint density at radius 3 is 0.681 bits per heavy atom. The van der Waals surface area contributed by atoms with E-state index < -0.39 is 0 Å². The molecule has 0 spiro atoms. The summed E-state index contributed by atoms with van der Waals surface area (Å²) >= 11 is 0. The minimum Gasteiger partial charge on any atom is -0.456 e. The van der Waals surface area contributed by atoms with Gasteiger partial charge in [0.25, 0.3) is 0 Å². The summed E-state index contributed by atoms with van der Waals surface area (Å²) in [5.74, 6) is 0. The van der Waals surface area contributed by atoms with Gasteiger partial charge in [-0.1, -0.05) is 425 Å². The van der Waals surface area contributed by atoms with Gasteiger partial charge >= 0.3 is 0 Å². The summed E-state index contributed by atoms with van der Waals surface area (Å²) in [6.45, 7) is 0. The van der Waals surface area contributed by atoms with Crippen molar-refractivity contribution in [3.8, 4) is 145 Å². The number of aromatic nitrogens is 3. The highest BCUT2D eigenvalue weighted by Gasteiger charge is 2.24. The molecule has 0 fully saturated rings. The first-order valence-corrected chi connectivity index (χ1v) is 48.0. The van der Waals surface area contributed by atoms with Gasteiger partial charge < -0.3 is 13.3 Å². The minimum atomic E-state index is 0.879. The molecule has 0 atom stereocenters. The van der Waals surface area contributed by atoms with Crippen LogP contribution in [0.1, 0.15) is 0 Å². The number of rotatable bonds is 13. The van der Waals surface area contributed by atoms with E-state index in [1.165, 1.54) is 154 Å². The van der Waals surface area contributed by atoms with Crippen molar-refractivity contribution in [2.75, 3.05) is 0 Å². The molecule has 0 radical (unpaired) electrons. The Labute approximate surface area is 814 Å². The summed E-state index contributed by atoms with van der Waals surface area (Å²) in [5, 5.41) is 21.5. The molecule has 141 heavy (non-hydrogen) atoms. The first-order valence-electron chi connectivity index (χ1n) is 48.0. The van der Waals surface area contributed by atoms with Gasteiger partial charge in [0.2, 0.25) is 0 Å². The average Bonchev–Trinajstić information content (AvgIpc) is 0.789. The van der Waals surface area contributed by atoms with Crippen LogP contribution in [0.5, 0.6) is 0 Å². The largest absolute Gasteiger partial charge is 0.456 e. The zero-order valence-electron chi connectivity index (χ0n) is 76.6. The lowest BCUT2D eigenvalue weighted by Gasteiger charge is -2.18. The molecular formula is C135H85N3O3. The van der Waals surface area contributed by atoms with Crippen LogP contribution in [0.2, 0.25) is 0 Å². The first kappa shape index (κ1) is 82.9. The van der Waals surface area contributed by atoms with Crippen molar-refractivity contribution in [2.45, 2.75) is 0 Å². The highest BCUT2D eigenvalue weighted by molar-refractivity contribution is 6.25.